The lowest BCUT2D eigenvalue weighted by Crippen LogP contribution is -2.82. The molecule has 6 heterocycles. The molecule has 6 aliphatic rings. The highest BCUT2D eigenvalue weighted by Gasteiger charge is 2.66. The molecule has 14 heteroatoms. The van der Waals surface area contributed by atoms with Crippen LogP contribution in [0.25, 0.3) is 0 Å². The Morgan fingerprint density at radius 1 is 0.353 bits per heavy atom. The lowest BCUT2D eigenvalue weighted by molar-refractivity contribution is -0.385. The van der Waals surface area contributed by atoms with E-state index in [1.807, 2.05) is 121 Å². The predicted octanol–water partition coefficient (Wildman–Crippen LogP) is 8.25. The summed E-state index contributed by atoms with van der Waals surface area (Å²) in [7, 11) is -7.42. The average Bonchev–Trinajstić information content (AvgIpc) is 3.37. The molecule has 0 spiro atoms. The molecule has 0 saturated heterocycles. The Bertz CT molecular complexity index is 3540. The van der Waals surface area contributed by atoms with Crippen molar-refractivity contribution in [3.63, 3.8) is 0 Å². The number of para-hydroxylation sites is 2. The lowest BCUT2D eigenvalue weighted by Gasteiger charge is -2.55. The summed E-state index contributed by atoms with van der Waals surface area (Å²) < 4.78 is 29.0. The van der Waals surface area contributed by atoms with Crippen LogP contribution in [0.3, 0.4) is 0 Å². The Morgan fingerprint density at radius 3 is 1.06 bits per heavy atom. The van der Waals surface area contributed by atoms with Crippen LogP contribution in [0.4, 0.5) is 45.5 Å². The van der Waals surface area contributed by atoms with Gasteiger partial charge >= 0.3 is 0 Å². The minimum atomic E-state index is -3.71. The van der Waals surface area contributed by atoms with Crippen molar-refractivity contribution in [2.75, 3.05) is 9.80 Å². The maximum absolute atomic E-state index is 12.4. The van der Waals surface area contributed by atoms with Crippen molar-refractivity contribution < 1.29 is 28.8 Å². The molecule has 0 aromatic heterocycles. The van der Waals surface area contributed by atoms with E-state index in [0.29, 0.717) is 46.0 Å². The normalized spacial score (nSPS) is 18.2. The summed E-state index contributed by atoms with van der Waals surface area (Å²) in [6.45, 7) is 0. The number of hydrogen-bond donors (Lipinski definition) is 0. The summed E-state index contributed by atoms with van der Waals surface area (Å²) in [5.74, 6) is 4.98. The van der Waals surface area contributed by atoms with Crippen LogP contribution in [0.2, 0.25) is 0 Å². The van der Waals surface area contributed by atoms with Gasteiger partial charge in [0.1, 0.15) is 34.5 Å². The van der Waals surface area contributed by atoms with Crippen LogP contribution >= 0.6 is 0 Å². The van der Waals surface area contributed by atoms with Gasteiger partial charge in [-0.2, -0.15) is 0 Å². The highest BCUT2D eigenvalue weighted by molar-refractivity contribution is 7.25. The van der Waals surface area contributed by atoms with E-state index in [1.54, 1.807) is 24.3 Å². The molecule has 6 aliphatic heterocycles. The molecule has 0 aliphatic carbocycles. The molecule has 0 bridgehead atoms. The molecular formula is C54H30N4O8Si2. The largest absolute Gasteiger partial charge is 0.457 e. The fraction of sp³-hybridized carbons (Fsp3) is 0. The number of non-ortho nitro benzene ring substituents is 2. The van der Waals surface area contributed by atoms with Gasteiger partial charge in [0.2, 0.25) is 16.1 Å². The Kier molecular flexibility index (Phi) is 7.06. The topological polar surface area (TPSA) is 130 Å². The van der Waals surface area contributed by atoms with Gasteiger partial charge in [-0.3, -0.25) is 20.2 Å². The number of ether oxygens (including phenoxy) is 4. The van der Waals surface area contributed by atoms with E-state index in [1.165, 1.54) is 0 Å². The molecule has 0 saturated carbocycles. The van der Waals surface area contributed by atoms with E-state index < -0.39 is 16.1 Å². The maximum Gasteiger partial charge on any atom is 0.269 e. The van der Waals surface area contributed by atoms with Crippen LogP contribution in [-0.2, 0) is 0 Å². The van der Waals surface area contributed by atoms with Gasteiger partial charge in [-0.05, 0) is 83.2 Å². The van der Waals surface area contributed by atoms with Crippen molar-refractivity contribution >= 4 is 103 Å². The van der Waals surface area contributed by atoms with Crippen molar-refractivity contribution in [3.8, 4) is 46.0 Å². The monoisotopic (exact) mass is 918 g/mol. The van der Waals surface area contributed by atoms with Crippen molar-refractivity contribution in [1.82, 2.24) is 0 Å². The minimum absolute atomic E-state index is 0.0156. The third-order valence-corrected chi connectivity index (χ3v) is 24.3. The van der Waals surface area contributed by atoms with Crippen molar-refractivity contribution in [2.24, 2.45) is 0 Å². The van der Waals surface area contributed by atoms with Gasteiger partial charge < -0.3 is 28.7 Å². The van der Waals surface area contributed by atoms with E-state index in [0.717, 1.165) is 75.6 Å². The van der Waals surface area contributed by atoms with Crippen LogP contribution in [0.1, 0.15) is 0 Å². The first-order valence-electron chi connectivity index (χ1n) is 22.1. The molecule has 9 aromatic rings. The van der Waals surface area contributed by atoms with Crippen molar-refractivity contribution in [3.05, 3.63) is 202 Å². The van der Waals surface area contributed by atoms with Crippen molar-refractivity contribution in [1.29, 1.82) is 0 Å². The first-order valence-corrected chi connectivity index (χ1v) is 26.1. The van der Waals surface area contributed by atoms with Crippen LogP contribution in [0.15, 0.2) is 182 Å². The summed E-state index contributed by atoms with van der Waals surface area (Å²) >= 11 is 0. The Morgan fingerprint density at radius 2 is 0.691 bits per heavy atom. The zero-order valence-electron chi connectivity index (χ0n) is 35.4. The van der Waals surface area contributed by atoms with E-state index in [-0.39, 0.29) is 21.2 Å². The Balaban J connectivity index is 1.22. The summed E-state index contributed by atoms with van der Waals surface area (Å²) in [5, 5.41) is 32.1. The lowest BCUT2D eigenvalue weighted by atomic mass is 10.1. The fourth-order valence-electron chi connectivity index (χ4n) is 12.1. The Labute approximate surface area is 388 Å². The number of benzene rings is 9. The van der Waals surface area contributed by atoms with E-state index in [9.17, 15) is 20.2 Å². The summed E-state index contributed by atoms with van der Waals surface area (Å²) in [4.78, 5) is 28.6. The smallest absolute Gasteiger partial charge is 0.269 e. The second-order valence-corrected chi connectivity index (χ2v) is 24.7. The van der Waals surface area contributed by atoms with Gasteiger partial charge in [0, 0.05) is 66.8 Å². The van der Waals surface area contributed by atoms with Crippen LogP contribution in [0.5, 0.6) is 46.0 Å². The summed E-state index contributed by atoms with van der Waals surface area (Å²) in [5.41, 5.74) is 5.28. The minimum Gasteiger partial charge on any atom is -0.457 e. The SMILES string of the molecule is O=[N+]([O-])c1ccc([Si]23c4c5cccc4Oc4c6c7c(c(c42)N(c2ccccc2)c2cccc(c23)O5)N(c2ccccc2)c2cccc3c2[Si]7(c2ccc([N+](=O)[O-])cc2)c2c(cccc2O6)O3)cc1. The molecule has 0 amide bonds. The first-order chi connectivity index (χ1) is 33.4. The van der Waals surface area contributed by atoms with Crippen LogP contribution in [-0.4, -0.2) is 26.0 Å². The van der Waals surface area contributed by atoms with E-state index in [4.69, 9.17) is 18.9 Å². The zero-order valence-corrected chi connectivity index (χ0v) is 37.4. The number of nitro benzene ring substituents is 2. The number of rotatable bonds is 6. The fourth-order valence-corrected chi connectivity index (χ4v) is 23.0. The molecule has 0 N–H and O–H groups in total. The molecule has 0 radical (unpaired) electrons. The third kappa shape index (κ3) is 4.34. The molecule has 2 atom stereocenters. The van der Waals surface area contributed by atoms with E-state index >= 15 is 0 Å². The van der Waals surface area contributed by atoms with Gasteiger partial charge in [0.05, 0.1) is 32.6 Å². The Hall–Kier alpha value is -8.99. The standard InChI is InChI=1S/C54H30N4O8Si2/c59-57(60)33-23-27-35(28-24-33)67-49-37-15-7-17-39(49)63-41-19-9-21-43(51(41)67)65-47-48-54-46(45(53(47)67)55(37)31-11-3-1-4-12-31)56(32-13-5-2-6-14-32)38-16-8-18-40-50(38)68(54,36-29-25-34(26-30-36)58(61)62)52-42(64-40)20-10-22-44(52)66-48/h1-30H. The predicted molar refractivity (Wildman–Crippen MR) is 264 cm³/mol. The maximum atomic E-state index is 12.4. The van der Waals surface area contributed by atoms with Crippen molar-refractivity contribution in [2.45, 2.75) is 0 Å². The average molecular weight is 919 g/mol. The number of nitrogens with zero attached hydrogens (tertiary/aromatic N) is 4. The second-order valence-electron chi connectivity index (χ2n) is 17.5. The molecule has 15 rings (SSSR count). The molecule has 68 heavy (non-hydrogen) atoms. The highest BCUT2D eigenvalue weighted by atomic mass is 28.3. The number of fused-ring (bicyclic) bond motifs is 2. The molecule has 9 aromatic carbocycles. The summed E-state index contributed by atoms with van der Waals surface area (Å²) in [6.07, 6.45) is 0. The third-order valence-electron chi connectivity index (χ3n) is 14.4. The molecule has 2 unspecified atom stereocenters. The van der Waals surface area contributed by atoms with Crippen LogP contribution in [0, 0.1) is 20.2 Å². The van der Waals surface area contributed by atoms with Gasteiger partial charge in [-0.1, -0.05) is 84.9 Å². The van der Waals surface area contributed by atoms with Gasteiger partial charge in [-0.25, -0.2) is 0 Å². The van der Waals surface area contributed by atoms with E-state index in [2.05, 4.69) is 46.2 Å². The molecular weight excluding hydrogens is 889 g/mol. The highest BCUT2D eigenvalue weighted by Crippen LogP contribution is 2.59. The second kappa shape index (κ2) is 12.9. The molecule has 12 nitrogen and oxygen atoms in total. The van der Waals surface area contributed by atoms with Gasteiger partial charge in [0.15, 0.2) is 11.5 Å². The summed E-state index contributed by atoms with van der Waals surface area (Å²) in [6, 6.07) is 58.8. The number of hydrogen-bond acceptors (Lipinski definition) is 10. The molecule has 0 fully saturated rings. The van der Waals surface area contributed by atoms with Crippen LogP contribution < -0.4 is 70.2 Å². The first kappa shape index (κ1) is 37.3. The van der Waals surface area contributed by atoms with Gasteiger partial charge in [0.25, 0.3) is 11.4 Å². The molecule has 322 valence electrons. The zero-order chi connectivity index (χ0) is 45.2. The van der Waals surface area contributed by atoms with Gasteiger partial charge in [-0.15, -0.1) is 0 Å². The quantitative estimate of drug-likeness (QED) is 0.0914. The number of nitro groups is 2. The number of anilines is 6.